The van der Waals surface area contributed by atoms with Crippen LogP contribution >= 0.6 is 0 Å². The Morgan fingerprint density at radius 2 is 1.81 bits per heavy atom. The van der Waals surface area contributed by atoms with E-state index in [1.807, 2.05) is 18.2 Å². The fourth-order valence-corrected chi connectivity index (χ4v) is 6.18. The highest BCUT2D eigenvalue weighted by molar-refractivity contribution is 6.05. The number of nitrogens with zero attached hydrogens (tertiary/aromatic N) is 2. The lowest BCUT2D eigenvalue weighted by molar-refractivity contribution is -0.136. The number of carbonyl (C=O) groups is 3. The minimum atomic E-state index is -0.590. The summed E-state index contributed by atoms with van der Waals surface area (Å²) in [5.41, 5.74) is 1.51. The Morgan fingerprint density at radius 1 is 1.00 bits per heavy atom. The Morgan fingerprint density at radius 3 is 2.59 bits per heavy atom. The highest BCUT2D eigenvalue weighted by Gasteiger charge is 2.42. The highest BCUT2D eigenvalue weighted by Crippen LogP contribution is 2.35. The number of fused-ring (bicyclic) bond motifs is 3. The van der Waals surface area contributed by atoms with Crippen molar-refractivity contribution in [3.05, 3.63) is 29.3 Å². The molecule has 2 bridgehead atoms. The molecule has 0 spiro atoms. The third-order valence-corrected chi connectivity index (χ3v) is 7.74. The van der Waals surface area contributed by atoms with Crippen LogP contribution in [0.25, 0.3) is 0 Å². The zero-order valence-electron chi connectivity index (χ0n) is 18.1. The van der Waals surface area contributed by atoms with Gasteiger partial charge in [0.05, 0.1) is 12.2 Å². The summed E-state index contributed by atoms with van der Waals surface area (Å²) in [4.78, 5) is 40.8. The molecule has 4 aliphatic heterocycles. The number of nitrogens with one attached hydrogen (secondary N) is 1. The first-order valence-corrected chi connectivity index (χ1v) is 11.9. The number of hydrogen-bond acceptors (Lipinski definition) is 6. The quantitative estimate of drug-likeness (QED) is 0.718. The second kappa shape index (κ2) is 7.85. The van der Waals surface area contributed by atoms with Crippen molar-refractivity contribution in [2.45, 2.75) is 81.9 Å². The number of amides is 3. The predicted octanol–water partition coefficient (Wildman–Crippen LogP) is 1.61. The minimum absolute atomic E-state index is 0.147. The van der Waals surface area contributed by atoms with Gasteiger partial charge < -0.3 is 14.4 Å². The Kier molecular flexibility index (Phi) is 4.95. The molecule has 8 heteroatoms. The first-order valence-electron chi connectivity index (χ1n) is 11.9. The molecule has 0 aromatic heterocycles. The minimum Gasteiger partial charge on any atom is -0.489 e. The van der Waals surface area contributed by atoms with Crippen LogP contribution in [0.15, 0.2) is 18.2 Å². The van der Waals surface area contributed by atoms with E-state index >= 15 is 0 Å². The molecular weight excluding hydrogens is 410 g/mol. The molecule has 32 heavy (non-hydrogen) atoms. The lowest BCUT2D eigenvalue weighted by Gasteiger charge is -2.38. The van der Waals surface area contributed by atoms with Crippen molar-refractivity contribution in [2.24, 2.45) is 0 Å². The Balaban J connectivity index is 1.15. The normalized spacial score (nSPS) is 34.7. The molecule has 8 nitrogen and oxygen atoms in total. The van der Waals surface area contributed by atoms with Crippen molar-refractivity contribution < 1.29 is 23.9 Å². The molecule has 1 saturated carbocycles. The van der Waals surface area contributed by atoms with Crippen LogP contribution in [-0.4, -0.2) is 71.0 Å². The summed E-state index contributed by atoms with van der Waals surface area (Å²) in [6, 6.07) is 5.48. The molecule has 5 aliphatic rings. The van der Waals surface area contributed by atoms with Crippen LogP contribution in [0.1, 0.15) is 60.9 Å². The average Bonchev–Trinajstić information content (AvgIpc) is 3.46. The van der Waals surface area contributed by atoms with E-state index in [9.17, 15) is 14.4 Å². The summed E-state index contributed by atoms with van der Waals surface area (Å²) in [6.07, 6.45) is 7.22. The number of imide groups is 1. The summed E-state index contributed by atoms with van der Waals surface area (Å²) < 4.78 is 12.5. The number of morpholine rings is 1. The second-order valence-electron chi connectivity index (χ2n) is 9.78. The largest absolute Gasteiger partial charge is 0.489 e. The van der Waals surface area contributed by atoms with E-state index in [1.54, 1.807) is 4.90 Å². The van der Waals surface area contributed by atoms with Gasteiger partial charge in [-0.3, -0.25) is 24.6 Å². The summed E-state index contributed by atoms with van der Waals surface area (Å²) >= 11 is 0. The highest BCUT2D eigenvalue weighted by atomic mass is 16.5. The third-order valence-electron chi connectivity index (χ3n) is 7.74. The summed E-state index contributed by atoms with van der Waals surface area (Å²) in [5.74, 6) is -0.0176. The molecule has 170 valence electrons. The van der Waals surface area contributed by atoms with Gasteiger partial charge in [0, 0.05) is 37.7 Å². The van der Waals surface area contributed by atoms with Crippen LogP contribution in [0.3, 0.4) is 0 Å². The number of piperidine rings is 1. The van der Waals surface area contributed by atoms with Crippen LogP contribution in [0, 0.1) is 0 Å². The predicted molar refractivity (Wildman–Crippen MR) is 114 cm³/mol. The SMILES string of the molecule is O=C1CCC(N2Cc3cc(O[C@H]4CCC[C@@H]4N4CC5CCC(C4)O5)ccc3C2=O)C(=O)N1. The molecule has 3 amide bonds. The van der Waals surface area contributed by atoms with E-state index in [-0.39, 0.29) is 30.2 Å². The van der Waals surface area contributed by atoms with Gasteiger partial charge in [0.25, 0.3) is 5.91 Å². The van der Waals surface area contributed by atoms with Crippen LogP contribution in [0.4, 0.5) is 0 Å². The molecule has 4 fully saturated rings. The molecule has 4 heterocycles. The Bertz CT molecular complexity index is 953. The maximum atomic E-state index is 12.9. The van der Waals surface area contributed by atoms with Gasteiger partial charge in [0.15, 0.2) is 0 Å². The first kappa shape index (κ1) is 20.2. The van der Waals surface area contributed by atoms with E-state index in [2.05, 4.69) is 10.2 Å². The zero-order chi connectivity index (χ0) is 21.8. The van der Waals surface area contributed by atoms with Gasteiger partial charge in [-0.2, -0.15) is 0 Å². The molecule has 1 aromatic carbocycles. The van der Waals surface area contributed by atoms with Crippen molar-refractivity contribution in [1.82, 2.24) is 15.1 Å². The van der Waals surface area contributed by atoms with E-state index in [0.29, 0.717) is 36.8 Å². The molecule has 3 saturated heterocycles. The van der Waals surface area contributed by atoms with Crippen LogP contribution in [0.2, 0.25) is 0 Å². The van der Waals surface area contributed by atoms with Crippen LogP contribution < -0.4 is 10.1 Å². The monoisotopic (exact) mass is 439 g/mol. The van der Waals surface area contributed by atoms with Crippen LogP contribution in [0.5, 0.6) is 5.75 Å². The molecule has 1 N–H and O–H groups in total. The Hall–Kier alpha value is -2.45. The smallest absolute Gasteiger partial charge is 0.255 e. The molecule has 1 aromatic rings. The maximum Gasteiger partial charge on any atom is 0.255 e. The van der Waals surface area contributed by atoms with E-state index in [1.165, 1.54) is 12.8 Å². The van der Waals surface area contributed by atoms with E-state index < -0.39 is 6.04 Å². The maximum absolute atomic E-state index is 12.9. The fourth-order valence-electron chi connectivity index (χ4n) is 6.18. The second-order valence-corrected chi connectivity index (χ2v) is 9.78. The molecule has 5 atom stereocenters. The standard InChI is InChI=1S/C24H29N3O5/c28-22-9-8-20(23(29)25-22)27-11-14-10-15(6-7-18(14)24(27)30)32-21-3-1-2-19(21)26-12-16-4-5-17(13-26)31-16/h6-7,10,16-17,19-21H,1-5,8-9,11-13H2,(H,25,28,29)/t16?,17?,19-,20?,21-/m0/s1. The number of benzene rings is 1. The number of likely N-dealkylation sites (tertiary alicyclic amines) is 1. The van der Waals surface area contributed by atoms with Crippen LogP contribution in [-0.2, 0) is 20.9 Å². The summed E-state index contributed by atoms with van der Waals surface area (Å²) in [5, 5.41) is 2.35. The van der Waals surface area contributed by atoms with E-state index in [4.69, 9.17) is 9.47 Å². The fraction of sp³-hybridized carbons (Fsp3) is 0.625. The van der Waals surface area contributed by atoms with Gasteiger partial charge in [0.2, 0.25) is 11.8 Å². The number of ether oxygens (including phenoxy) is 2. The molecule has 1 aliphatic carbocycles. The molecule has 6 rings (SSSR count). The van der Waals surface area contributed by atoms with Gasteiger partial charge in [-0.05, 0) is 62.3 Å². The molecule has 0 radical (unpaired) electrons. The van der Waals surface area contributed by atoms with Crippen molar-refractivity contribution in [3.8, 4) is 5.75 Å². The van der Waals surface area contributed by atoms with Crippen molar-refractivity contribution in [3.63, 3.8) is 0 Å². The third kappa shape index (κ3) is 3.49. The van der Waals surface area contributed by atoms with Crippen molar-refractivity contribution in [1.29, 1.82) is 0 Å². The van der Waals surface area contributed by atoms with Gasteiger partial charge in [-0.15, -0.1) is 0 Å². The topological polar surface area (TPSA) is 88.2 Å². The summed E-state index contributed by atoms with van der Waals surface area (Å²) in [7, 11) is 0. The first-order chi connectivity index (χ1) is 15.5. The van der Waals surface area contributed by atoms with Gasteiger partial charge >= 0.3 is 0 Å². The number of carbonyl (C=O) groups excluding carboxylic acids is 3. The zero-order valence-corrected chi connectivity index (χ0v) is 18.1. The molecular formula is C24H29N3O5. The van der Waals surface area contributed by atoms with Gasteiger partial charge in [-0.1, -0.05) is 0 Å². The summed E-state index contributed by atoms with van der Waals surface area (Å²) in [6.45, 7) is 2.37. The lowest BCUT2D eigenvalue weighted by Crippen LogP contribution is -2.52. The average molecular weight is 440 g/mol. The number of rotatable bonds is 4. The lowest BCUT2D eigenvalue weighted by atomic mass is 10.0. The Labute approximate surface area is 187 Å². The van der Waals surface area contributed by atoms with E-state index in [0.717, 1.165) is 43.7 Å². The van der Waals surface area contributed by atoms with Crippen molar-refractivity contribution >= 4 is 17.7 Å². The van der Waals surface area contributed by atoms with Gasteiger partial charge in [0.1, 0.15) is 17.9 Å². The van der Waals surface area contributed by atoms with Gasteiger partial charge in [-0.25, -0.2) is 0 Å². The van der Waals surface area contributed by atoms with Crippen molar-refractivity contribution in [2.75, 3.05) is 13.1 Å². The number of hydrogen-bond donors (Lipinski definition) is 1. The molecule has 3 unspecified atom stereocenters.